The Hall–Kier alpha value is -3.21. The fraction of sp³-hybridized carbons (Fsp3) is 0.346. The molecule has 31 heavy (non-hydrogen) atoms. The van der Waals surface area contributed by atoms with Crippen LogP contribution in [0.2, 0.25) is 0 Å². The van der Waals surface area contributed by atoms with Crippen LogP contribution in [0.1, 0.15) is 30.4 Å². The SMILES string of the molecule is O=C(CCN1C(=O)C2CC=CCC2C1=O)N(CCc1ccccc1)Cc1ccccc1. The Labute approximate surface area is 183 Å². The maximum Gasteiger partial charge on any atom is 0.233 e. The van der Waals surface area contributed by atoms with E-state index in [-0.39, 0.29) is 42.5 Å². The second-order valence-corrected chi connectivity index (χ2v) is 8.27. The smallest absolute Gasteiger partial charge is 0.233 e. The van der Waals surface area contributed by atoms with Crippen LogP contribution in [0.3, 0.4) is 0 Å². The molecule has 5 heteroatoms. The highest BCUT2D eigenvalue weighted by Crippen LogP contribution is 2.35. The number of carbonyl (C=O) groups excluding carboxylic acids is 3. The predicted molar refractivity (Wildman–Crippen MR) is 119 cm³/mol. The summed E-state index contributed by atoms with van der Waals surface area (Å²) in [4.78, 5) is 41.6. The molecule has 5 nitrogen and oxygen atoms in total. The van der Waals surface area contributed by atoms with Crippen molar-refractivity contribution in [2.24, 2.45) is 11.8 Å². The highest BCUT2D eigenvalue weighted by atomic mass is 16.2. The molecule has 1 fully saturated rings. The van der Waals surface area contributed by atoms with E-state index in [4.69, 9.17) is 0 Å². The summed E-state index contributed by atoms with van der Waals surface area (Å²) in [6, 6.07) is 20.0. The maximum absolute atomic E-state index is 13.1. The van der Waals surface area contributed by atoms with Gasteiger partial charge in [0.05, 0.1) is 11.8 Å². The molecule has 1 saturated heterocycles. The van der Waals surface area contributed by atoms with E-state index in [0.29, 0.717) is 25.9 Å². The summed E-state index contributed by atoms with van der Waals surface area (Å²) in [5.41, 5.74) is 2.24. The van der Waals surface area contributed by atoms with E-state index < -0.39 is 0 Å². The zero-order chi connectivity index (χ0) is 21.6. The van der Waals surface area contributed by atoms with Crippen molar-refractivity contribution in [1.82, 2.24) is 9.80 Å². The normalized spacial score (nSPS) is 20.1. The van der Waals surface area contributed by atoms with E-state index in [1.165, 1.54) is 10.5 Å². The van der Waals surface area contributed by atoms with Gasteiger partial charge in [-0.2, -0.15) is 0 Å². The number of hydrogen-bond donors (Lipinski definition) is 0. The quantitative estimate of drug-likeness (QED) is 0.488. The molecule has 0 bridgehead atoms. The van der Waals surface area contributed by atoms with Gasteiger partial charge in [-0.25, -0.2) is 0 Å². The van der Waals surface area contributed by atoms with E-state index >= 15 is 0 Å². The Morgan fingerprint density at radius 2 is 1.39 bits per heavy atom. The number of hydrogen-bond acceptors (Lipinski definition) is 3. The number of nitrogens with zero attached hydrogens (tertiary/aromatic N) is 2. The summed E-state index contributed by atoms with van der Waals surface area (Å²) in [5.74, 6) is -0.761. The molecule has 2 aromatic carbocycles. The first kappa shape index (κ1) is 21.0. The molecule has 1 aliphatic carbocycles. The van der Waals surface area contributed by atoms with Crippen LogP contribution >= 0.6 is 0 Å². The molecule has 2 unspecified atom stereocenters. The number of fused-ring (bicyclic) bond motifs is 1. The summed E-state index contributed by atoms with van der Waals surface area (Å²) in [7, 11) is 0. The monoisotopic (exact) mass is 416 g/mol. The van der Waals surface area contributed by atoms with Crippen LogP contribution in [-0.4, -0.2) is 40.6 Å². The number of allylic oxidation sites excluding steroid dienone is 2. The fourth-order valence-electron chi connectivity index (χ4n) is 4.46. The Balaban J connectivity index is 1.40. The van der Waals surface area contributed by atoms with Gasteiger partial charge in [0.25, 0.3) is 0 Å². The van der Waals surface area contributed by atoms with Gasteiger partial charge in [0.2, 0.25) is 17.7 Å². The molecule has 4 rings (SSSR count). The summed E-state index contributed by atoms with van der Waals surface area (Å²) < 4.78 is 0. The van der Waals surface area contributed by atoms with Crippen LogP contribution in [0.15, 0.2) is 72.8 Å². The highest BCUT2D eigenvalue weighted by molar-refractivity contribution is 6.05. The number of imide groups is 1. The van der Waals surface area contributed by atoms with Gasteiger partial charge in [0, 0.05) is 26.1 Å². The Bertz CT molecular complexity index is 929. The molecule has 2 aliphatic rings. The molecule has 0 spiro atoms. The summed E-state index contributed by atoms with van der Waals surface area (Å²) in [6.07, 6.45) is 6.12. The largest absolute Gasteiger partial charge is 0.338 e. The first-order chi connectivity index (χ1) is 15.1. The maximum atomic E-state index is 13.1. The number of benzene rings is 2. The lowest BCUT2D eigenvalue weighted by atomic mass is 9.85. The zero-order valence-corrected chi connectivity index (χ0v) is 17.7. The van der Waals surface area contributed by atoms with E-state index in [1.54, 1.807) is 0 Å². The van der Waals surface area contributed by atoms with Crippen molar-refractivity contribution < 1.29 is 14.4 Å². The average molecular weight is 417 g/mol. The van der Waals surface area contributed by atoms with Crippen LogP contribution < -0.4 is 0 Å². The summed E-state index contributed by atoms with van der Waals surface area (Å²) >= 11 is 0. The van der Waals surface area contributed by atoms with Gasteiger partial charge in [0.1, 0.15) is 0 Å². The zero-order valence-electron chi connectivity index (χ0n) is 17.7. The van der Waals surface area contributed by atoms with E-state index in [0.717, 1.165) is 12.0 Å². The molecule has 160 valence electrons. The lowest BCUT2D eigenvalue weighted by Crippen LogP contribution is -2.38. The second kappa shape index (κ2) is 9.73. The predicted octanol–water partition coefficient (Wildman–Crippen LogP) is 3.60. The molecule has 2 atom stereocenters. The van der Waals surface area contributed by atoms with Gasteiger partial charge in [-0.1, -0.05) is 72.8 Å². The Kier molecular flexibility index (Phi) is 6.60. The highest BCUT2D eigenvalue weighted by Gasteiger charge is 2.46. The van der Waals surface area contributed by atoms with Crippen molar-refractivity contribution in [2.75, 3.05) is 13.1 Å². The van der Waals surface area contributed by atoms with Crippen molar-refractivity contribution in [1.29, 1.82) is 0 Å². The van der Waals surface area contributed by atoms with Crippen molar-refractivity contribution in [3.05, 3.63) is 83.9 Å². The molecule has 0 N–H and O–H groups in total. The van der Waals surface area contributed by atoms with Gasteiger partial charge in [-0.3, -0.25) is 19.3 Å². The van der Waals surface area contributed by atoms with E-state index in [2.05, 4.69) is 12.1 Å². The number of rotatable bonds is 8. The van der Waals surface area contributed by atoms with Crippen LogP contribution in [-0.2, 0) is 27.3 Å². The Morgan fingerprint density at radius 1 is 0.839 bits per heavy atom. The minimum absolute atomic E-state index is 0.0339. The second-order valence-electron chi connectivity index (χ2n) is 8.27. The Morgan fingerprint density at radius 3 is 1.97 bits per heavy atom. The third-order valence-corrected chi connectivity index (χ3v) is 6.23. The third kappa shape index (κ3) is 4.93. The topological polar surface area (TPSA) is 57.7 Å². The number of likely N-dealkylation sites (tertiary alicyclic amines) is 1. The molecule has 1 aliphatic heterocycles. The molecular weight excluding hydrogens is 388 g/mol. The molecule has 0 aromatic heterocycles. The first-order valence-corrected chi connectivity index (χ1v) is 11.0. The molecule has 0 radical (unpaired) electrons. The van der Waals surface area contributed by atoms with Crippen molar-refractivity contribution in [3.8, 4) is 0 Å². The van der Waals surface area contributed by atoms with Gasteiger partial charge in [-0.15, -0.1) is 0 Å². The average Bonchev–Trinajstić information content (AvgIpc) is 3.06. The van der Waals surface area contributed by atoms with Crippen molar-refractivity contribution in [2.45, 2.75) is 32.2 Å². The lowest BCUT2D eigenvalue weighted by Gasteiger charge is -2.24. The summed E-state index contributed by atoms with van der Waals surface area (Å²) in [6.45, 7) is 1.28. The molecule has 0 saturated carbocycles. The number of carbonyl (C=O) groups is 3. The minimum Gasteiger partial charge on any atom is -0.338 e. The van der Waals surface area contributed by atoms with Gasteiger partial charge < -0.3 is 4.90 Å². The van der Waals surface area contributed by atoms with Gasteiger partial charge in [0.15, 0.2) is 0 Å². The number of amides is 3. The van der Waals surface area contributed by atoms with Gasteiger partial charge >= 0.3 is 0 Å². The fourth-order valence-corrected chi connectivity index (χ4v) is 4.46. The standard InChI is InChI=1S/C26H28N2O3/c29-24(16-18-28-25(30)22-13-7-8-14-23(22)26(28)31)27(19-21-11-5-2-6-12-21)17-15-20-9-3-1-4-10-20/h1-12,22-23H,13-19H2. The lowest BCUT2D eigenvalue weighted by molar-refractivity contribution is -0.141. The van der Waals surface area contributed by atoms with Crippen LogP contribution in [0.4, 0.5) is 0 Å². The van der Waals surface area contributed by atoms with Crippen LogP contribution in [0.25, 0.3) is 0 Å². The molecular formula is C26H28N2O3. The van der Waals surface area contributed by atoms with Crippen LogP contribution in [0, 0.1) is 11.8 Å². The molecule has 3 amide bonds. The van der Waals surface area contributed by atoms with Crippen molar-refractivity contribution in [3.63, 3.8) is 0 Å². The first-order valence-electron chi connectivity index (χ1n) is 11.0. The van der Waals surface area contributed by atoms with E-state index in [9.17, 15) is 14.4 Å². The summed E-state index contributed by atoms with van der Waals surface area (Å²) in [5, 5.41) is 0. The molecule has 2 aromatic rings. The minimum atomic E-state index is -0.244. The third-order valence-electron chi connectivity index (χ3n) is 6.23. The van der Waals surface area contributed by atoms with Gasteiger partial charge in [-0.05, 0) is 30.4 Å². The van der Waals surface area contributed by atoms with E-state index in [1.807, 2.05) is 65.6 Å². The van der Waals surface area contributed by atoms with Crippen molar-refractivity contribution >= 4 is 17.7 Å². The van der Waals surface area contributed by atoms with Crippen LogP contribution in [0.5, 0.6) is 0 Å². The molecule has 1 heterocycles.